The molecule has 10 heteroatoms. The number of hydrogen-bond acceptors (Lipinski definition) is 8. The van der Waals surface area contributed by atoms with Gasteiger partial charge >= 0.3 is 6.01 Å². The molecule has 1 atom stereocenters. The molecule has 4 heterocycles. The van der Waals surface area contributed by atoms with Crippen LogP contribution in [0.5, 0.6) is 0 Å². The molecule has 2 N–H and O–H groups in total. The van der Waals surface area contributed by atoms with E-state index in [0.717, 1.165) is 68.9 Å². The van der Waals surface area contributed by atoms with Crippen LogP contribution in [0.25, 0.3) is 11.6 Å². The molecule has 2 fully saturated rings. The zero-order chi connectivity index (χ0) is 25.2. The molecule has 2 saturated heterocycles. The second-order valence-electron chi connectivity index (χ2n) is 9.74. The molecule has 0 bridgehead atoms. The minimum Gasteiger partial charge on any atom is -0.402 e. The van der Waals surface area contributed by atoms with Gasteiger partial charge in [0.25, 0.3) is 5.89 Å². The lowest BCUT2D eigenvalue weighted by Crippen LogP contribution is -2.58. The molecule has 192 valence electrons. The topological polar surface area (TPSA) is 87.5 Å². The van der Waals surface area contributed by atoms with Crippen molar-refractivity contribution in [3.8, 4) is 11.6 Å². The summed E-state index contributed by atoms with van der Waals surface area (Å²) in [5, 5.41) is 8.11. The Kier molecular flexibility index (Phi) is 7.41. The predicted molar refractivity (Wildman–Crippen MR) is 139 cm³/mol. The van der Waals surface area contributed by atoms with Crippen LogP contribution in [0.1, 0.15) is 37.4 Å². The molecule has 0 radical (unpaired) electrons. The summed E-state index contributed by atoms with van der Waals surface area (Å²) in [6, 6.07) is 10.1. The molecule has 36 heavy (non-hydrogen) atoms. The lowest BCUT2D eigenvalue weighted by atomic mass is 9.97. The summed E-state index contributed by atoms with van der Waals surface area (Å²) >= 11 is 5.90. The largest absolute Gasteiger partial charge is 0.402 e. The minimum atomic E-state index is -0.217. The van der Waals surface area contributed by atoms with E-state index < -0.39 is 0 Å². The van der Waals surface area contributed by atoms with Crippen molar-refractivity contribution in [1.82, 2.24) is 25.0 Å². The Morgan fingerprint density at radius 2 is 1.92 bits per heavy atom. The number of hydrogen-bond donors (Lipinski definition) is 1. The van der Waals surface area contributed by atoms with E-state index in [0.29, 0.717) is 35.2 Å². The van der Waals surface area contributed by atoms with Gasteiger partial charge in [-0.15, -0.1) is 5.10 Å². The number of halogens is 2. The highest BCUT2D eigenvalue weighted by Crippen LogP contribution is 2.29. The second kappa shape index (κ2) is 10.7. The molecule has 0 amide bonds. The number of rotatable bonds is 6. The lowest BCUT2D eigenvalue weighted by molar-refractivity contribution is 0.0609. The molecule has 5 rings (SSSR count). The smallest absolute Gasteiger partial charge is 0.313 e. The highest BCUT2D eigenvalue weighted by molar-refractivity contribution is 6.30. The minimum absolute atomic E-state index is 0.0402. The third-order valence-electron chi connectivity index (χ3n) is 7.49. The summed E-state index contributed by atoms with van der Waals surface area (Å²) in [4.78, 5) is 12.2. The van der Waals surface area contributed by atoms with Crippen LogP contribution in [0.15, 0.2) is 34.7 Å². The van der Waals surface area contributed by atoms with Gasteiger partial charge in [0.2, 0.25) is 0 Å². The predicted octanol–water partition coefficient (Wildman–Crippen LogP) is 4.38. The Bertz CT molecular complexity index is 1200. The number of aryl methyl sites for hydroxylation is 1. The highest BCUT2D eigenvalue weighted by atomic mass is 35.5. The maximum Gasteiger partial charge on any atom is 0.313 e. The average molecular weight is 514 g/mol. The molecular formula is C26H33ClFN7O. The van der Waals surface area contributed by atoms with Crippen LogP contribution >= 0.6 is 11.6 Å². The number of nitrogen functional groups attached to an aromatic ring is 1. The van der Waals surface area contributed by atoms with Gasteiger partial charge in [0.05, 0.1) is 11.4 Å². The van der Waals surface area contributed by atoms with E-state index >= 15 is 0 Å². The van der Waals surface area contributed by atoms with E-state index in [1.165, 1.54) is 6.07 Å². The van der Waals surface area contributed by atoms with Gasteiger partial charge in [-0.2, -0.15) is 0 Å². The van der Waals surface area contributed by atoms with Gasteiger partial charge in [-0.3, -0.25) is 9.80 Å². The first kappa shape index (κ1) is 24.9. The zero-order valence-electron chi connectivity index (χ0n) is 20.8. The Morgan fingerprint density at radius 1 is 1.11 bits per heavy atom. The summed E-state index contributed by atoms with van der Waals surface area (Å²) in [5.74, 6) is 0.120. The quantitative estimate of drug-likeness (QED) is 0.519. The first-order valence-electron chi connectivity index (χ1n) is 12.6. The third kappa shape index (κ3) is 5.33. The molecule has 2 aliphatic rings. The van der Waals surface area contributed by atoms with Crippen LogP contribution in [-0.2, 0) is 6.54 Å². The van der Waals surface area contributed by atoms with Crippen molar-refractivity contribution in [2.45, 2.75) is 51.7 Å². The number of likely N-dealkylation sites (tertiary alicyclic amines) is 1. The van der Waals surface area contributed by atoms with E-state index in [1.54, 1.807) is 12.1 Å². The molecule has 0 saturated carbocycles. The van der Waals surface area contributed by atoms with Crippen LogP contribution in [0, 0.1) is 12.7 Å². The molecular weight excluding hydrogens is 481 g/mol. The fourth-order valence-corrected chi connectivity index (χ4v) is 5.74. The van der Waals surface area contributed by atoms with Crippen molar-refractivity contribution in [3.05, 3.63) is 52.4 Å². The fraction of sp³-hybridized carbons (Fsp3) is 0.500. The summed E-state index contributed by atoms with van der Waals surface area (Å²) in [6.45, 7) is 9.85. The van der Waals surface area contributed by atoms with Gasteiger partial charge in [-0.25, -0.2) is 9.37 Å². The van der Waals surface area contributed by atoms with Crippen LogP contribution in [0.4, 0.5) is 16.1 Å². The van der Waals surface area contributed by atoms with Crippen molar-refractivity contribution in [1.29, 1.82) is 0 Å². The monoisotopic (exact) mass is 513 g/mol. The van der Waals surface area contributed by atoms with Gasteiger partial charge in [0.1, 0.15) is 11.5 Å². The molecule has 0 unspecified atom stereocenters. The molecule has 2 aromatic heterocycles. The van der Waals surface area contributed by atoms with Gasteiger partial charge in [0, 0.05) is 48.8 Å². The Labute approximate surface area is 216 Å². The van der Waals surface area contributed by atoms with Crippen molar-refractivity contribution in [2.24, 2.45) is 0 Å². The number of piperazine rings is 1. The summed E-state index contributed by atoms with van der Waals surface area (Å²) < 4.78 is 19.6. The number of piperidine rings is 1. The van der Waals surface area contributed by atoms with Crippen molar-refractivity contribution in [2.75, 3.05) is 43.4 Å². The number of aromatic nitrogens is 3. The van der Waals surface area contributed by atoms with Crippen molar-refractivity contribution < 1.29 is 8.81 Å². The van der Waals surface area contributed by atoms with Crippen LogP contribution in [0.3, 0.4) is 0 Å². The molecule has 0 spiro atoms. The highest BCUT2D eigenvalue weighted by Gasteiger charge is 2.33. The van der Waals surface area contributed by atoms with Crippen LogP contribution in [0.2, 0.25) is 5.02 Å². The molecule has 3 aromatic rings. The molecule has 1 aromatic carbocycles. The first-order valence-corrected chi connectivity index (χ1v) is 13.0. The Hall–Kier alpha value is -2.75. The standard InChI is InChI=1S/C26H33ClFN7O/c1-3-20-16-34(24-7-6-23(30-17(24)2)25-31-32-26(29)36-25)12-13-35(20)21-8-10-33(11-9-21)15-18-4-5-19(27)14-22(18)28/h4-7,14,20-21H,3,8-13,15-16H2,1-2H3,(H2,29,32)/t20-/m0/s1. The summed E-state index contributed by atoms with van der Waals surface area (Å²) in [5.41, 5.74) is 8.99. The van der Waals surface area contributed by atoms with Gasteiger partial charge in [-0.05, 0) is 63.5 Å². The Balaban J connectivity index is 1.19. The van der Waals surface area contributed by atoms with E-state index in [2.05, 4.69) is 37.9 Å². The number of anilines is 2. The zero-order valence-corrected chi connectivity index (χ0v) is 21.6. The molecule has 2 aliphatic heterocycles. The maximum absolute atomic E-state index is 14.2. The van der Waals surface area contributed by atoms with Crippen molar-refractivity contribution in [3.63, 3.8) is 0 Å². The van der Waals surface area contributed by atoms with Gasteiger partial charge in [0.15, 0.2) is 0 Å². The van der Waals surface area contributed by atoms with Crippen LogP contribution < -0.4 is 10.6 Å². The second-order valence-corrected chi connectivity index (χ2v) is 10.2. The summed E-state index contributed by atoms with van der Waals surface area (Å²) in [6.07, 6.45) is 3.31. The lowest BCUT2D eigenvalue weighted by Gasteiger charge is -2.48. The SMILES string of the molecule is CC[C@H]1CN(c2ccc(-c3nnc(N)o3)nc2C)CCN1C1CCN(Cc2ccc(Cl)cc2F)CC1. The maximum atomic E-state index is 14.2. The number of pyridine rings is 1. The fourth-order valence-electron chi connectivity index (χ4n) is 5.58. The number of benzene rings is 1. The number of nitrogens with two attached hydrogens (primary N) is 1. The van der Waals surface area contributed by atoms with Crippen LogP contribution in [-0.4, -0.2) is 69.8 Å². The third-order valence-corrected chi connectivity index (χ3v) is 7.73. The molecule has 0 aliphatic carbocycles. The van der Waals surface area contributed by atoms with E-state index in [9.17, 15) is 4.39 Å². The number of nitrogens with zero attached hydrogens (tertiary/aromatic N) is 6. The van der Waals surface area contributed by atoms with Gasteiger partial charge in [-0.1, -0.05) is 29.7 Å². The Morgan fingerprint density at radius 3 is 2.58 bits per heavy atom. The average Bonchev–Trinajstić information content (AvgIpc) is 3.32. The van der Waals surface area contributed by atoms with E-state index in [-0.39, 0.29) is 11.8 Å². The van der Waals surface area contributed by atoms with Crippen molar-refractivity contribution >= 4 is 23.3 Å². The molecule has 8 nitrogen and oxygen atoms in total. The van der Waals surface area contributed by atoms with Gasteiger partial charge < -0.3 is 15.1 Å². The van der Waals surface area contributed by atoms with E-state index in [4.69, 9.17) is 26.7 Å². The van der Waals surface area contributed by atoms with E-state index in [1.807, 2.05) is 13.0 Å². The normalized spacial score (nSPS) is 20.2. The summed E-state index contributed by atoms with van der Waals surface area (Å²) in [7, 11) is 0. The first-order chi connectivity index (χ1) is 17.4.